The van der Waals surface area contributed by atoms with Crippen molar-refractivity contribution in [2.45, 2.75) is 45.7 Å². The molecule has 1 aliphatic rings. The van der Waals surface area contributed by atoms with Crippen LogP contribution in [0.15, 0.2) is 66.3 Å². The van der Waals surface area contributed by atoms with E-state index in [0.29, 0.717) is 18.1 Å². The Bertz CT molecular complexity index is 1400. The highest BCUT2D eigenvalue weighted by Crippen LogP contribution is 2.41. The van der Waals surface area contributed by atoms with E-state index in [9.17, 15) is 4.79 Å². The van der Waals surface area contributed by atoms with Gasteiger partial charge in [-0.3, -0.25) is 14.3 Å². The topological polar surface area (TPSA) is 75.1 Å². The van der Waals surface area contributed by atoms with Crippen molar-refractivity contribution in [2.75, 3.05) is 11.9 Å². The van der Waals surface area contributed by atoms with Crippen LogP contribution in [0.1, 0.15) is 53.6 Å². The van der Waals surface area contributed by atoms with Crippen molar-refractivity contribution < 1.29 is 4.79 Å². The minimum absolute atomic E-state index is 0.0306. The van der Waals surface area contributed by atoms with Crippen LogP contribution in [-0.2, 0) is 11.2 Å². The first-order valence-corrected chi connectivity index (χ1v) is 13.7. The normalized spacial score (nSPS) is 17.2. The molecular weight excluding hydrogens is 500 g/mol. The van der Waals surface area contributed by atoms with E-state index in [-0.39, 0.29) is 18.0 Å². The van der Waals surface area contributed by atoms with Crippen LogP contribution in [0.4, 0.5) is 5.69 Å². The van der Waals surface area contributed by atoms with Gasteiger partial charge in [0.25, 0.3) is 0 Å². The summed E-state index contributed by atoms with van der Waals surface area (Å²) < 4.78 is 2.18. The molecule has 1 fully saturated rings. The van der Waals surface area contributed by atoms with Crippen LogP contribution in [0.2, 0.25) is 0 Å². The molecule has 0 bridgehead atoms. The maximum absolute atomic E-state index is 13.0. The Morgan fingerprint density at radius 1 is 1.14 bits per heavy atom. The molecule has 1 aliphatic heterocycles. The summed E-state index contributed by atoms with van der Waals surface area (Å²) in [5.41, 5.74) is 6.26. The Balaban J connectivity index is 1.44. The number of thiocarbonyl (C=S) groups is 1. The van der Waals surface area contributed by atoms with Crippen molar-refractivity contribution >= 4 is 40.3 Å². The second kappa shape index (κ2) is 10.8. The Hall–Kier alpha value is -3.56. The van der Waals surface area contributed by atoms with Crippen LogP contribution < -0.4 is 10.6 Å². The molecule has 0 saturated carbocycles. The van der Waals surface area contributed by atoms with Gasteiger partial charge < -0.3 is 15.5 Å². The van der Waals surface area contributed by atoms with Gasteiger partial charge in [-0.05, 0) is 67.9 Å². The zero-order valence-electron chi connectivity index (χ0n) is 21.1. The molecule has 1 amide bonds. The minimum atomic E-state index is -0.136. The van der Waals surface area contributed by atoms with Gasteiger partial charge in [-0.25, -0.2) is 4.98 Å². The van der Waals surface area contributed by atoms with E-state index >= 15 is 0 Å². The van der Waals surface area contributed by atoms with Gasteiger partial charge in [-0.15, -0.1) is 11.3 Å². The molecule has 0 spiro atoms. The molecule has 7 nitrogen and oxygen atoms in total. The van der Waals surface area contributed by atoms with Crippen LogP contribution in [-0.4, -0.2) is 37.0 Å². The Kier molecular flexibility index (Phi) is 7.34. The summed E-state index contributed by atoms with van der Waals surface area (Å²) in [7, 11) is 0. The van der Waals surface area contributed by atoms with E-state index in [1.54, 1.807) is 17.5 Å². The number of para-hydroxylation sites is 1. The largest absolute Gasteiger partial charge is 0.352 e. The highest BCUT2D eigenvalue weighted by Gasteiger charge is 2.41. The molecule has 190 valence electrons. The number of hydrogen-bond donors (Lipinski definition) is 2. The molecule has 4 aromatic rings. The van der Waals surface area contributed by atoms with Gasteiger partial charge in [0, 0.05) is 47.8 Å². The van der Waals surface area contributed by atoms with Crippen molar-refractivity contribution in [2.24, 2.45) is 0 Å². The molecule has 4 heterocycles. The Morgan fingerprint density at radius 3 is 2.68 bits per heavy atom. The predicted octanol–water partition coefficient (Wildman–Crippen LogP) is 5.51. The molecule has 2 N–H and O–H groups in total. The molecule has 37 heavy (non-hydrogen) atoms. The van der Waals surface area contributed by atoms with E-state index < -0.39 is 0 Å². The van der Waals surface area contributed by atoms with Gasteiger partial charge in [-0.2, -0.15) is 0 Å². The number of carbonyl (C=O) groups excluding carboxylic acids is 1. The number of nitrogens with one attached hydrogen (secondary N) is 2. The van der Waals surface area contributed by atoms with E-state index in [4.69, 9.17) is 12.2 Å². The van der Waals surface area contributed by atoms with Gasteiger partial charge in [0.15, 0.2) is 10.2 Å². The number of anilines is 1. The molecule has 0 aliphatic carbocycles. The third-order valence-corrected chi connectivity index (χ3v) is 7.96. The van der Waals surface area contributed by atoms with Gasteiger partial charge in [0.2, 0.25) is 5.91 Å². The number of rotatable bonds is 8. The van der Waals surface area contributed by atoms with Crippen molar-refractivity contribution in [3.05, 3.63) is 94.5 Å². The first kappa shape index (κ1) is 25.1. The van der Waals surface area contributed by atoms with Crippen molar-refractivity contribution in [1.29, 1.82) is 0 Å². The second-order valence-electron chi connectivity index (χ2n) is 9.11. The molecular formula is C28H30N6OS2. The monoisotopic (exact) mass is 530 g/mol. The maximum atomic E-state index is 13.0. The smallest absolute Gasteiger partial charge is 0.226 e. The molecule has 5 rings (SSSR count). The zero-order valence-corrected chi connectivity index (χ0v) is 22.8. The fraction of sp³-hybridized carbons (Fsp3) is 0.286. The summed E-state index contributed by atoms with van der Waals surface area (Å²) in [6.07, 6.45) is 4.80. The van der Waals surface area contributed by atoms with Gasteiger partial charge in [0.05, 0.1) is 17.8 Å². The van der Waals surface area contributed by atoms with Crippen LogP contribution >= 0.6 is 23.6 Å². The van der Waals surface area contributed by atoms with Crippen LogP contribution in [0.25, 0.3) is 5.13 Å². The first-order chi connectivity index (χ1) is 18.0. The SMILES string of the molecule is CCc1ccccc1NC(=O)CCN1C(=S)N[C@@H](c2ccccn2)[C@H]1c1cc(C)n(-c2nccs2)c1C. The zero-order chi connectivity index (χ0) is 25.9. The van der Waals surface area contributed by atoms with Gasteiger partial charge in [0.1, 0.15) is 0 Å². The summed E-state index contributed by atoms with van der Waals surface area (Å²) in [5.74, 6) is -0.0306. The average molecular weight is 531 g/mol. The Labute approximate surface area is 226 Å². The summed E-state index contributed by atoms with van der Waals surface area (Å²) >= 11 is 7.43. The lowest BCUT2D eigenvalue weighted by molar-refractivity contribution is -0.116. The third-order valence-electron chi connectivity index (χ3n) is 6.85. The fourth-order valence-corrected chi connectivity index (χ4v) is 6.16. The number of thiazole rings is 1. The number of aryl methyl sites for hydroxylation is 2. The van der Waals surface area contributed by atoms with Crippen molar-refractivity contribution in [3.8, 4) is 5.13 Å². The number of pyridine rings is 1. The van der Waals surface area contributed by atoms with Gasteiger partial charge in [-0.1, -0.05) is 31.2 Å². The number of hydrogen-bond acceptors (Lipinski definition) is 5. The van der Waals surface area contributed by atoms with E-state index in [1.807, 2.05) is 54.0 Å². The molecule has 1 saturated heterocycles. The maximum Gasteiger partial charge on any atom is 0.226 e. The van der Waals surface area contributed by atoms with E-state index in [2.05, 4.69) is 56.9 Å². The number of aromatic nitrogens is 3. The molecule has 1 aromatic carbocycles. The van der Waals surface area contributed by atoms with Crippen LogP contribution in [0, 0.1) is 13.8 Å². The predicted molar refractivity (Wildman–Crippen MR) is 152 cm³/mol. The van der Waals surface area contributed by atoms with Crippen molar-refractivity contribution in [3.63, 3.8) is 0 Å². The molecule has 2 atom stereocenters. The third kappa shape index (κ3) is 5.01. The lowest BCUT2D eigenvalue weighted by Gasteiger charge is -2.28. The second-order valence-corrected chi connectivity index (χ2v) is 10.4. The summed E-state index contributed by atoms with van der Waals surface area (Å²) in [5, 5.41) is 10.1. The molecule has 0 unspecified atom stereocenters. The average Bonchev–Trinajstić information content (AvgIpc) is 3.61. The van der Waals surface area contributed by atoms with Crippen LogP contribution in [0.5, 0.6) is 0 Å². The van der Waals surface area contributed by atoms with Crippen molar-refractivity contribution in [1.82, 2.24) is 24.8 Å². The fourth-order valence-electron chi connectivity index (χ4n) is 5.08. The summed E-state index contributed by atoms with van der Waals surface area (Å²) in [6.45, 7) is 6.79. The summed E-state index contributed by atoms with van der Waals surface area (Å²) in [4.78, 5) is 24.3. The molecule has 3 aromatic heterocycles. The highest BCUT2D eigenvalue weighted by atomic mass is 32.1. The number of amides is 1. The van der Waals surface area contributed by atoms with E-state index in [0.717, 1.165) is 45.4 Å². The minimum Gasteiger partial charge on any atom is -0.352 e. The number of carbonyl (C=O) groups is 1. The summed E-state index contributed by atoms with van der Waals surface area (Å²) in [6, 6.07) is 15.8. The van der Waals surface area contributed by atoms with E-state index in [1.165, 1.54) is 0 Å². The molecule has 9 heteroatoms. The van der Waals surface area contributed by atoms with Crippen LogP contribution in [0.3, 0.4) is 0 Å². The van der Waals surface area contributed by atoms with Gasteiger partial charge >= 0.3 is 0 Å². The number of nitrogens with zero attached hydrogens (tertiary/aromatic N) is 4. The standard InChI is InChI=1S/C28H30N6OS2/c1-4-20-9-5-6-10-22(20)31-24(35)12-15-33-26(25(32-27(33)36)23-11-7-8-13-29-23)21-17-18(2)34(19(21)3)28-30-14-16-37-28/h5-11,13-14,16-17,25-26H,4,12,15H2,1-3H3,(H,31,35)(H,32,36)/t25-,26+/m0/s1. The Morgan fingerprint density at radius 2 is 1.95 bits per heavy atom. The highest BCUT2D eigenvalue weighted by molar-refractivity contribution is 7.80. The number of benzene rings is 1. The lowest BCUT2D eigenvalue weighted by atomic mass is 9.96. The first-order valence-electron chi connectivity index (χ1n) is 12.4. The lowest BCUT2D eigenvalue weighted by Crippen LogP contribution is -2.33. The quantitative estimate of drug-likeness (QED) is 0.293. The molecule has 0 radical (unpaired) electrons.